The number of aromatic amines is 1. The Kier molecular flexibility index (Phi) is 6.76. The van der Waals surface area contributed by atoms with E-state index in [0.29, 0.717) is 29.0 Å². The third-order valence-corrected chi connectivity index (χ3v) is 7.22. The van der Waals surface area contributed by atoms with Crippen molar-refractivity contribution in [2.24, 2.45) is 0 Å². The first-order chi connectivity index (χ1) is 17.9. The summed E-state index contributed by atoms with van der Waals surface area (Å²) in [5, 5.41) is 12.4. The number of carbonyl (C=O) groups excluding carboxylic acids is 2. The fourth-order valence-corrected chi connectivity index (χ4v) is 5.09. The molecule has 0 radical (unpaired) electrons. The van der Waals surface area contributed by atoms with Gasteiger partial charge in [0.1, 0.15) is 17.3 Å². The van der Waals surface area contributed by atoms with E-state index < -0.39 is 17.7 Å². The highest BCUT2D eigenvalue weighted by molar-refractivity contribution is 9.10. The zero-order valence-electron chi connectivity index (χ0n) is 20.3. The van der Waals surface area contributed by atoms with Crippen molar-refractivity contribution >= 4 is 44.3 Å². The number of ether oxygens (including phenoxy) is 2. The van der Waals surface area contributed by atoms with E-state index in [-0.39, 0.29) is 17.9 Å². The molecule has 0 spiro atoms. The zero-order chi connectivity index (χ0) is 26.1. The van der Waals surface area contributed by atoms with Gasteiger partial charge in [-0.1, -0.05) is 46.3 Å². The molecular formula is C29H25BrN2O5. The normalized spacial score (nSPS) is 16.9. The number of hydrogen-bond donors (Lipinski definition) is 2. The number of amides is 1. The number of methoxy groups -OCH3 is 2. The van der Waals surface area contributed by atoms with Gasteiger partial charge in [-0.05, 0) is 42.3 Å². The third-order valence-electron chi connectivity index (χ3n) is 6.69. The van der Waals surface area contributed by atoms with Crippen LogP contribution in [0.25, 0.3) is 16.7 Å². The number of halogens is 1. The van der Waals surface area contributed by atoms with E-state index in [1.54, 1.807) is 49.6 Å². The van der Waals surface area contributed by atoms with Crippen LogP contribution in [0.1, 0.15) is 22.7 Å². The molecule has 188 valence electrons. The molecule has 3 aromatic carbocycles. The first-order valence-corrected chi connectivity index (χ1v) is 12.5. The molecule has 4 aromatic rings. The summed E-state index contributed by atoms with van der Waals surface area (Å²) in [6.45, 7) is 0.267. The number of aromatic nitrogens is 1. The Morgan fingerprint density at radius 3 is 2.51 bits per heavy atom. The smallest absolute Gasteiger partial charge is 0.295 e. The summed E-state index contributed by atoms with van der Waals surface area (Å²) in [6.07, 6.45) is 2.44. The minimum Gasteiger partial charge on any atom is -0.507 e. The molecular weight excluding hydrogens is 536 g/mol. The van der Waals surface area contributed by atoms with Gasteiger partial charge in [0, 0.05) is 45.3 Å². The molecule has 1 saturated heterocycles. The van der Waals surface area contributed by atoms with E-state index in [0.717, 1.165) is 20.9 Å². The SMILES string of the molecule is COc1ccc([C@@H]2C(=C(O)c3ccc(Br)cc3)C(=O)C(=O)N2CCc2c[nH]c3ccccc23)c(OC)c1. The predicted molar refractivity (Wildman–Crippen MR) is 145 cm³/mol. The molecule has 1 aliphatic rings. The van der Waals surface area contributed by atoms with Crippen LogP contribution in [0.5, 0.6) is 11.5 Å². The van der Waals surface area contributed by atoms with Gasteiger partial charge >= 0.3 is 0 Å². The van der Waals surface area contributed by atoms with Crippen LogP contribution in [-0.4, -0.2) is 47.4 Å². The number of H-pyrrole nitrogens is 1. The van der Waals surface area contributed by atoms with Crippen LogP contribution in [0.2, 0.25) is 0 Å². The molecule has 0 saturated carbocycles. The minimum absolute atomic E-state index is 0.0229. The number of aliphatic hydroxyl groups is 1. The molecule has 5 rings (SSSR count). The molecule has 7 nitrogen and oxygen atoms in total. The standard InChI is InChI=1S/C29H25BrN2O5/c1-36-20-11-12-22(24(15-20)37-2)26-25(27(33)17-7-9-19(30)10-8-17)28(34)29(35)32(26)14-13-18-16-31-23-6-4-3-5-21(18)23/h3-12,15-16,26,31,33H,13-14H2,1-2H3/t26-/m1/s1. The van der Waals surface area contributed by atoms with E-state index in [4.69, 9.17) is 9.47 Å². The van der Waals surface area contributed by atoms with Gasteiger partial charge in [-0.3, -0.25) is 9.59 Å². The van der Waals surface area contributed by atoms with Crippen molar-refractivity contribution in [3.63, 3.8) is 0 Å². The quantitative estimate of drug-likeness (QED) is 0.174. The molecule has 0 aliphatic carbocycles. The maximum atomic E-state index is 13.4. The number of likely N-dealkylation sites (tertiary alicyclic amines) is 1. The molecule has 2 heterocycles. The van der Waals surface area contributed by atoms with Gasteiger partial charge in [0.15, 0.2) is 0 Å². The van der Waals surface area contributed by atoms with E-state index in [2.05, 4.69) is 20.9 Å². The van der Waals surface area contributed by atoms with Crippen molar-refractivity contribution < 1.29 is 24.2 Å². The van der Waals surface area contributed by atoms with E-state index in [1.807, 2.05) is 30.5 Å². The average molecular weight is 561 g/mol. The Bertz CT molecular complexity index is 1520. The largest absolute Gasteiger partial charge is 0.507 e. The summed E-state index contributed by atoms with van der Waals surface area (Å²) < 4.78 is 11.8. The van der Waals surface area contributed by atoms with Crippen molar-refractivity contribution in [1.82, 2.24) is 9.88 Å². The van der Waals surface area contributed by atoms with E-state index in [9.17, 15) is 14.7 Å². The Balaban J connectivity index is 1.61. The summed E-state index contributed by atoms with van der Waals surface area (Å²) in [6, 6.07) is 19.2. The Morgan fingerprint density at radius 2 is 1.78 bits per heavy atom. The van der Waals surface area contributed by atoms with Gasteiger partial charge in [0.25, 0.3) is 11.7 Å². The van der Waals surface area contributed by atoms with Crippen molar-refractivity contribution in [1.29, 1.82) is 0 Å². The summed E-state index contributed by atoms with van der Waals surface area (Å²) in [7, 11) is 3.07. The van der Waals surface area contributed by atoms with Crippen molar-refractivity contribution in [2.75, 3.05) is 20.8 Å². The molecule has 1 atom stereocenters. The van der Waals surface area contributed by atoms with Gasteiger partial charge in [-0.15, -0.1) is 0 Å². The summed E-state index contributed by atoms with van der Waals surface area (Å²) in [4.78, 5) is 31.5. The number of hydrogen-bond acceptors (Lipinski definition) is 5. The average Bonchev–Trinajstić information content (AvgIpc) is 3.45. The molecule has 8 heteroatoms. The second kappa shape index (κ2) is 10.1. The van der Waals surface area contributed by atoms with Gasteiger partial charge < -0.3 is 24.5 Å². The fourth-order valence-electron chi connectivity index (χ4n) is 4.82. The molecule has 0 bridgehead atoms. The first-order valence-electron chi connectivity index (χ1n) is 11.7. The number of aliphatic hydroxyl groups excluding tert-OH is 1. The molecule has 0 unspecified atom stereocenters. The lowest BCUT2D eigenvalue weighted by Gasteiger charge is -2.27. The number of fused-ring (bicyclic) bond motifs is 1. The van der Waals surface area contributed by atoms with Crippen LogP contribution in [0.4, 0.5) is 0 Å². The number of carbonyl (C=O) groups is 2. The lowest BCUT2D eigenvalue weighted by Crippen LogP contribution is -2.31. The molecule has 1 aliphatic heterocycles. The van der Waals surface area contributed by atoms with Crippen molar-refractivity contribution in [3.05, 3.63) is 99.7 Å². The van der Waals surface area contributed by atoms with E-state index >= 15 is 0 Å². The number of nitrogens with zero attached hydrogens (tertiary/aromatic N) is 1. The molecule has 2 N–H and O–H groups in total. The Labute approximate surface area is 222 Å². The zero-order valence-corrected chi connectivity index (χ0v) is 21.9. The highest BCUT2D eigenvalue weighted by Crippen LogP contribution is 2.44. The van der Waals surface area contributed by atoms with Crippen molar-refractivity contribution in [2.45, 2.75) is 12.5 Å². The van der Waals surface area contributed by atoms with Crippen LogP contribution in [-0.2, 0) is 16.0 Å². The maximum Gasteiger partial charge on any atom is 0.295 e. The summed E-state index contributed by atoms with van der Waals surface area (Å²) in [5.74, 6) is -0.610. The maximum absolute atomic E-state index is 13.4. The number of para-hydroxylation sites is 1. The summed E-state index contributed by atoms with van der Waals surface area (Å²) >= 11 is 3.39. The van der Waals surface area contributed by atoms with Gasteiger partial charge in [0.05, 0.1) is 25.8 Å². The van der Waals surface area contributed by atoms with Gasteiger partial charge in [-0.25, -0.2) is 0 Å². The van der Waals surface area contributed by atoms with Crippen molar-refractivity contribution in [3.8, 4) is 11.5 Å². The Hall–Kier alpha value is -4.04. The molecule has 37 heavy (non-hydrogen) atoms. The van der Waals surface area contributed by atoms with Gasteiger partial charge in [0.2, 0.25) is 0 Å². The van der Waals surface area contributed by atoms with Gasteiger partial charge in [-0.2, -0.15) is 0 Å². The molecule has 1 aromatic heterocycles. The molecule has 1 fully saturated rings. The minimum atomic E-state index is -0.838. The van der Waals surface area contributed by atoms with Crippen LogP contribution >= 0.6 is 15.9 Å². The first kappa shape index (κ1) is 24.6. The van der Waals surface area contributed by atoms with Crippen LogP contribution in [0.15, 0.2) is 83.0 Å². The highest BCUT2D eigenvalue weighted by atomic mass is 79.9. The van der Waals surface area contributed by atoms with E-state index in [1.165, 1.54) is 12.0 Å². The van der Waals surface area contributed by atoms with Crippen LogP contribution in [0, 0.1) is 0 Å². The lowest BCUT2D eigenvalue weighted by atomic mass is 9.94. The third kappa shape index (κ3) is 4.49. The predicted octanol–water partition coefficient (Wildman–Crippen LogP) is 5.61. The number of Topliss-reactive ketones (excluding diaryl/α,β-unsaturated/α-hetero) is 1. The number of benzene rings is 3. The number of nitrogens with one attached hydrogen (secondary N) is 1. The van der Waals surface area contributed by atoms with Crippen LogP contribution < -0.4 is 9.47 Å². The highest BCUT2D eigenvalue weighted by Gasteiger charge is 2.47. The number of ketones is 1. The monoisotopic (exact) mass is 560 g/mol. The Morgan fingerprint density at radius 1 is 1.03 bits per heavy atom. The van der Waals surface area contributed by atoms with Crippen LogP contribution in [0.3, 0.4) is 0 Å². The second-order valence-corrected chi connectivity index (χ2v) is 9.63. The second-order valence-electron chi connectivity index (χ2n) is 8.72. The topological polar surface area (TPSA) is 91.9 Å². The lowest BCUT2D eigenvalue weighted by molar-refractivity contribution is -0.139. The fraction of sp³-hybridized carbons (Fsp3) is 0.172. The number of rotatable bonds is 7. The summed E-state index contributed by atoms with van der Waals surface area (Å²) in [5.41, 5.74) is 3.08. The molecule has 1 amide bonds.